The molecule has 1 unspecified atom stereocenters. The minimum atomic E-state index is 0.260. The largest absolute Gasteiger partial charge is 0.314 e. The molecule has 1 atom stereocenters. The van der Waals surface area contributed by atoms with Gasteiger partial charge in [-0.15, -0.1) is 0 Å². The van der Waals surface area contributed by atoms with E-state index < -0.39 is 0 Å². The van der Waals surface area contributed by atoms with Crippen LogP contribution < -0.4 is 5.32 Å². The lowest BCUT2D eigenvalue weighted by molar-refractivity contribution is -0.116. The van der Waals surface area contributed by atoms with Crippen LogP contribution in [-0.2, 0) is 4.79 Å². The highest BCUT2D eigenvalue weighted by Crippen LogP contribution is 2.20. The number of Topliss-reactive ketones (excluding diaryl/α,β-unsaturated/α-hetero) is 1. The minimum Gasteiger partial charge on any atom is -0.314 e. The monoisotopic (exact) mass is 185 g/mol. The molecule has 2 heteroatoms. The lowest BCUT2D eigenvalue weighted by Gasteiger charge is -2.23. The van der Waals surface area contributed by atoms with E-state index in [2.05, 4.69) is 33.0 Å². The summed E-state index contributed by atoms with van der Waals surface area (Å²) in [7, 11) is 0. The third-order valence-electron chi connectivity index (χ3n) is 1.89. The molecule has 0 aromatic rings. The van der Waals surface area contributed by atoms with Gasteiger partial charge in [-0.1, -0.05) is 20.8 Å². The maximum absolute atomic E-state index is 10.7. The quantitative estimate of drug-likeness (QED) is 0.712. The van der Waals surface area contributed by atoms with Gasteiger partial charge in [0.25, 0.3) is 0 Å². The number of carbonyl (C=O) groups is 1. The first-order valence-corrected chi connectivity index (χ1v) is 5.04. The van der Waals surface area contributed by atoms with Crippen LogP contribution in [0, 0.1) is 5.41 Å². The van der Waals surface area contributed by atoms with E-state index in [9.17, 15) is 4.79 Å². The molecule has 0 amide bonds. The van der Waals surface area contributed by atoms with Gasteiger partial charge in [0, 0.05) is 19.0 Å². The Kier molecular flexibility index (Phi) is 5.23. The topological polar surface area (TPSA) is 29.1 Å². The van der Waals surface area contributed by atoms with Crippen LogP contribution in [0.5, 0.6) is 0 Å². The van der Waals surface area contributed by atoms with Crippen LogP contribution in [0.15, 0.2) is 0 Å². The molecule has 78 valence electrons. The number of nitrogens with one attached hydrogen (secondary N) is 1. The summed E-state index contributed by atoms with van der Waals surface area (Å²) in [5.74, 6) is 0.260. The summed E-state index contributed by atoms with van der Waals surface area (Å²) in [6, 6.07) is 0.499. The predicted octanol–water partition coefficient (Wildman–Crippen LogP) is 2.38. The van der Waals surface area contributed by atoms with E-state index in [1.54, 1.807) is 6.92 Å². The Balaban J connectivity index is 3.52. The van der Waals surface area contributed by atoms with E-state index in [1.165, 1.54) is 0 Å². The Morgan fingerprint density at radius 1 is 1.38 bits per heavy atom. The fraction of sp³-hybridized carbons (Fsp3) is 0.909. The van der Waals surface area contributed by atoms with E-state index in [1.807, 2.05) is 0 Å². The maximum atomic E-state index is 10.7. The van der Waals surface area contributed by atoms with Gasteiger partial charge in [0.1, 0.15) is 5.78 Å². The van der Waals surface area contributed by atoms with Crippen molar-refractivity contribution in [2.75, 3.05) is 6.54 Å². The van der Waals surface area contributed by atoms with Crippen molar-refractivity contribution in [3.05, 3.63) is 0 Å². The molecule has 0 aliphatic rings. The third kappa shape index (κ3) is 9.54. The molecule has 0 aromatic heterocycles. The fourth-order valence-corrected chi connectivity index (χ4v) is 1.49. The van der Waals surface area contributed by atoms with Gasteiger partial charge < -0.3 is 5.32 Å². The molecule has 13 heavy (non-hydrogen) atoms. The Morgan fingerprint density at radius 3 is 2.31 bits per heavy atom. The van der Waals surface area contributed by atoms with Crippen molar-refractivity contribution >= 4 is 5.78 Å². The molecule has 0 aromatic carbocycles. The number of carbonyl (C=O) groups excluding carboxylic acids is 1. The smallest absolute Gasteiger partial charge is 0.131 e. The molecule has 0 bridgehead atoms. The van der Waals surface area contributed by atoms with Gasteiger partial charge >= 0.3 is 0 Å². The zero-order valence-electron chi connectivity index (χ0n) is 9.61. The summed E-state index contributed by atoms with van der Waals surface area (Å²) in [6.07, 6.45) is 1.79. The minimum absolute atomic E-state index is 0.260. The van der Waals surface area contributed by atoms with Gasteiger partial charge in [0.15, 0.2) is 0 Å². The van der Waals surface area contributed by atoms with Crippen molar-refractivity contribution in [1.82, 2.24) is 5.32 Å². The zero-order chi connectivity index (χ0) is 10.5. The molecule has 0 rings (SSSR count). The third-order valence-corrected chi connectivity index (χ3v) is 1.89. The second kappa shape index (κ2) is 5.38. The van der Waals surface area contributed by atoms with Crippen LogP contribution in [0.3, 0.4) is 0 Å². The molecule has 1 N–H and O–H groups in total. The summed E-state index contributed by atoms with van der Waals surface area (Å²) in [5.41, 5.74) is 0.364. The van der Waals surface area contributed by atoms with Crippen LogP contribution >= 0.6 is 0 Å². The molecule has 0 fully saturated rings. The van der Waals surface area contributed by atoms with E-state index in [0.29, 0.717) is 17.9 Å². The van der Waals surface area contributed by atoms with E-state index in [0.717, 1.165) is 13.0 Å². The lowest BCUT2D eigenvalue weighted by Crippen LogP contribution is -2.31. The fourth-order valence-electron chi connectivity index (χ4n) is 1.49. The number of hydrogen-bond acceptors (Lipinski definition) is 2. The number of rotatable bonds is 5. The standard InChI is InChI=1S/C11H23NO/c1-9(8-11(3,4)5)12-7-6-10(2)13/h9,12H,6-8H2,1-5H3. The first kappa shape index (κ1) is 12.6. The van der Waals surface area contributed by atoms with Crippen molar-refractivity contribution in [2.24, 2.45) is 5.41 Å². The molecule has 0 aliphatic heterocycles. The molecular formula is C11H23NO. The number of ketones is 1. The molecule has 2 nitrogen and oxygen atoms in total. The highest BCUT2D eigenvalue weighted by Gasteiger charge is 2.14. The second-order valence-corrected chi connectivity index (χ2v) is 5.07. The Labute approximate surface area is 82.1 Å². The second-order valence-electron chi connectivity index (χ2n) is 5.07. The van der Waals surface area contributed by atoms with Crippen molar-refractivity contribution in [2.45, 2.75) is 53.5 Å². The highest BCUT2D eigenvalue weighted by molar-refractivity contribution is 5.75. The average molecular weight is 185 g/mol. The van der Waals surface area contributed by atoms with Crippen molar-refractivity contribution < 1.29 is 4.79 Å². The number of hydrogen-bond donors (Lipinski definition) is 1. The van der Waals surface area contributed by atoms with Gasteiger partial charge in [-0.2, -0.15) is 0 Å². The van der Waals surface area contributed by atoms with E-state index in [-0.39, 0.29) is 5.78 Å². The maximum Gasteiger partial charge on any atom is 0.131 e. The molecule has 0 radical (unpaired) electrons. The molecule has 0 aliphatic carbocycles. The van der Waals surface area contributed by atoms with E-state index in [4.69, 9.17) is 0 Å². The Hall–Kier alpha value is -0.370. The normalized spacial score (nSPS) is 14.2. The van der Waals surface area contributed by atoms with Gasteiger partial charge in [-0.05, 0) is 25.7 Å². The summed E-state index contributed by atoms with van der Waals surface area (Å²) >= 11 is 0. The van der Waals surface area contributed by atoms with Gasteiger partial charge in [-0.25, -0.2) is 0 Å². The summed E-state index contributed by atoms with van der Waals surface area (Å²) < 4.78 is 0. The summed E-state index contributed by atoms with van der Waals surface area (Å²) in [6.45, 7) is 11.3. The lowest BCUT2D eigenvalue weighted by atomic mass is 9.89. The first-order valence-electron chi connectivity index (χ1n) is 5.04. The molecule has 0 heterocycles. The molecule has 0 spiro atoms. The highest BCUT2D eigenvalue weighted by atomic mass is 16.1. The predicted molar refractivity (Wildman–Crippen MR) is 56.8 cm³/mol. The molecular weight excluding hydrogens is 162 g/mol. The van der Waals surface area contributed by atoms with Crippen LogP contribution in [0.1, 0.15) is 47.5 Å². The average Bonchev–Trinajstić information content (AvgIpc) is 1.81. The van der Waals surface area contributed by atoms with Gasteiger partial charge in [0.2, 0.25) is 0 Å². The van der Waals surface area contributed by atoms with Crippen molar-refractivity contribution in [1.29, 1.82) is 0 Å². The van der Waals surface area contributed by atoms with E-state index >= 15 is 0 Å². The van der Waals surface area contributed by atoms with Crippen LogP contribution in [0.2, 0.25) is 0 Å². The Bertz CT molecular complexity index is 158. The van der Waals surface area contributed by atoms with Crippen molar-refractivity contribution in [3.8, 4) is 0 Å². The van der Waals surface area contributed by atoms with Gasteiger partial charge in [-0.3, -0.25) is 4.79 Å². The van der Waals surface area contributed by atoms with Crippen LogP contribution in [0.4, 0.5) is 0 Å². The van der Waals surface area contributed by atoms with Crippen LogP contribution in [-0.4, -0.2) is 18.4 Å². The van der Waals surface area contributed by atoms with Gasteiger partial charge in [0.05, 0.1) is 0 Å². The molecule has 0 saturated heterocycles. The Morgan fingerprint density at radius 2 is 1.92 bits per heavy atom. The molecule has 0 saturated carbocycles. The first-order chi connectivity index (χ1) is 5.81. The summed E-state index contributed by atoms with van der Waals surface area (Å²) in [5, 5.41) is 3.35. The summed E-state index contributed by atoms with van der Waals surface area (Å²) in [4.78, 5) is 10.7. The van der Waals surface area contributed by atoms with Crippen LogP contribution in [0.25, 0.3) is 0 Å². The zero-order valence-corrected chi connectivity index (χ0v) is 9.61. The SMILES string of the molecule is CC(=O)CCNC(C)CC(C)(C)C. The van der Waals surface area contributed by atoms with Crippen molar-refractivity contribution in [3.63, 3.8) is 0 Å².